The molecule has 1 aliphatic carbocycles. The van der Waals surface area contributed by atoms with E-state index in [1.165, 1.54) is 25.7 Å². The number of amides is 1. The third-order valence-corrected chi connectivity index (χ3v) is 6.34. The molecular formula is C24H25ClNNaO5. The number of nitrogens with one attached hydrogen (secondary N) is 1. The van der Waals surface area contributed by atoms with E-state index in [2.05, 4.69) is 5.32 Å². The molecule has 2 aliphatic rings. The van der Waals surface area contributed by atoms with Gasteiger partial charge in [0.2, 0.25) is 0 Å². The second kappa shape index (κ2) is 11.4. The van der Waals surface area contributed by atoms with Crippen molar-refractivity contribution in [3.05, 3.63) is 52.5 Å². The van der Waals surface area contributed by atoms with Gasteiger partial charge in [-0.2, -0.15) is 0 Å². The third kappa shape index (κ3) is 5.98. The summed E-state index contributed by atoms with van der Waals surface area (Å²) in [5.41, 5.74) is 1.06. The SMILES string of the molecule is O=C(NCCC1CCCC1)c1ccc(Oc2cc3c(cc2Cl)C(C(=O)[O-])CCO3)cc1.[Na+]. The van der Waals surface area contributed by atoms with Gasteiger partial charge < -0.3 is 24.7 Å². The van der Waals surface area contributed by atoms with E-state index in [1.54, 1.807) is 36.4 Å². The molecule has 8 heteroatoms. The minimum Gasteiger partial charge on any atom is -0.549 e. The van der Waals surface area contributed by atoms with Crippen LogP contribution in [0.2, 0.25) is 5.02 Å². The van der Waals surface area contributed by atoms with Gasteiger partial charge in [-0.15, -0.1) is 0 Å². The Labute approximate surface area is 214 Å². The second-order valence-corrected chi connectivity index (χ2v) is 8.56. The van der Waals surface area contributed by atoms with Crippen molar-refractivity contribution in [3.8, 4) is 17.2 Å². The summed E-state index contributed by atoms with van der Waals surface area (Å²) >= 11 is 6.32. The fourth-order valence-corrected chi connectivity index (χ4v) is 4.52. The molecule has 2 aromatic carbocycles. The van der Waals surface area contributed by atoms with Crippen LogP contribution in [0.3, 0.4) is 0 Å². The Morgan fingerprint density at radius 2 is 1.84 bits per heavy atom. The topological polar surface area (TPSA) is 87.7 Å². The van der Waals surface area contributed by atoms with Gasteiger partial charge in [-0.25, -0.2) is 0 Å². The van der Waals surface area contributed by atoms with Crippen molar-refractivity contribution in [1.82, 2.24) is 5.32 Å². The average molecular weight is 466 g/mol. The average Bonchev–Trinajstić information content (AvgIpc) is 3.28. The quantitative estimate of drug-likeness (QED) is 0.618. The van der Waals surface area contributed by atoms with Crippen molar-refractivity contribution in [3.63, 3.8) is 0 Å². The van der Waals surface area contributed by atoms with Gasteiger partial charge in [-0.1, -0.05) is 37.3 Å². The molecule has 1 N–H and O–H groups in total. The number of benzene rings is 2. The number of hydrogen-bond acceptors (Lipinski definition) is 5. The van der Waals surface area contributed by atoms with E-state index in [4.69, 9.17) is 21.1 Å². The molecule has 2 aromatic rings. The maximum Gasteiger partial charge on any atom is 1.00 e. The second-order valence-electron chi connectivity index (χ2n) is 8.15. The molecule has 1 saturated carbocycles. The Hall–Kier alpha value is -1.73. The third-order valence-electron chi connectivity index (χ3n) is 6.05. The van der Waals surface area contributed by atoms with E-state index >= 15 is 0 Å². The molecule has 1 heterocycles. The first-order valence-electron chi connectivity index (χ1n) is 10.7. The molecule has 1 unspecified atom stereocenters. The summed E-state index contributed by atoms with van der Waals surface area (Å²) < 4.78 is 11.4. The van der Waals surface area contributed by atoms with Gasteiger partial charge >= 0.3 is 29.6 Å². The number of hydrogen-bond donors (Lipinski definition) is 1. The fourth-order valence-electron chi connectivity index (χ4n) is 4.30. The summed E-state index contributed by atoms with van der Waals surface area (Å²) in [6.45, 7) is 0.983. The smallest absolute Gasteiger partial charge is 0.549 e. The van der Waals surface area contributed by atoms with Gasteiger partial charge in [-0.05, 0) is 49.1 Å². The number of ether oxygens (including phenoxy) is 2. The van der Waals surface area contributed by atoms with Gasteiger partial charge in [0, 0.05) is 35.6 Å². The molecule has 0 saturated heterocycles. The van der Waals surface area contributed by atoms with Crippen LogP contribution in [-0.2, 0) is 4.79 Å². The molecule has 1 fully saturated rings. The molecule has 0 spiro atoms. The first-order valence-corrected chi connectivity index (χ1v) is 11.1. The summed E-state index contributed by atoms with van der Waals surface area (Å²) in [4.78, 5) is 23.7. The minimum atomic E-state index is -1.15. The number of carbonyl (C=O) groups excluding carboxylic acids is 2. The molecule has 0 aromatic heterocycles. The van der Waals surface area contributed by atoms with Crippen LogP contribution in [0.1, 0.15) is 60.4 Å². The summed E-state index contributed by atoms with van der Waals surface area (Å²) in [5, 5.41) is 14.6. The maximum atomic E-state index is 12.3. The zero-order valence-corrected chi connectivity index (χ0v) is 21.0. The first-order chi connectivity index (χ1) is 15.0. The van der Waals surface area contributed by atoms with Crippen LogP contribution in [0.5, 0.6) is 17.2 Å². The van der Waals surface area contributed by atoms with Crippen LogP contribution in [0.25, 0.3) is 0 Å². The van der Waals surface area contributed by atoms with Crippen LogP contribution in [0.15, 0.2) is 36.4 Å². The van der Waals surface area contributed by atoms with Crippen molar-refractivity contribution in [1.29, 1.82) is 0 Å². The molecular weight excluding hydrogens is 441 g/mol. The van der Waals surface area contributed by atoms with Gasteiger partial charge in [0.25, 0.3) is 5.91 Å². The van der Waals surface area contributed by atoms with Gasteiger partial charge in [0.1, 0.15) is 17.2 Å². The van der Waals surface area contributed by atoms with Crippen LogP contribution >= 0.6 is 11.6 Å². The van der Waals surface area contributed by atoms with Gasteiger partial charge in [0.15, 0.2) is 0 Å². The molecule has 6 nitrogen and oxygen atoms in total. The van der Waals surface area contributed by atoms with Crippen molar-refractivity contribution in [2.45, 2.75) is 44.4 Å². The van der Waals surface area contributed by atoms with Crippen molar-refractivity contribution in [2.75, 3.05) is 13.2 Å². The van der Waals surface area contributed by atoms with Crippen molar-refractivity contribution >= 4 is 23.5 Å². The summed E-state index contributed by atoms with van der Waals surface area (Å²) in [5.74, 6) is 0.0395. The van der Waals surface area contributed by atoms with E-state index in [0.29, 0.717) is 41.3 Å². The Balaban J connectivity index is 0.00000289. The number of carboxylic acids is 1. The van der Waals surface area contributed by atoms with Crippen LogP contribution in [0.4, 0.5) is 0 Å². The van der Waals surface area contributed by atoms with Gasteiger partial charge in [-0.3, -0.25) is 4.79 Å². The molecule has 0 bridgehead atoms. The van der Waals surface area contributed by atoms with Crippen molar-refractivity contribution in [2.24, 2.45) is 5.92 Å². The number of rotatable bonds is 7. The molecule has 164 valence electrons. The summed E-state index contributed by atoms with van der Waals surface area (Å²) in [6.07, 6.45) is 6.52. The van der Waals surface area contributed by atoms with E-state index in [9.17, 15) is 14.7 Å². The van der Waals surface area contributed by atoms with Crippen LogP contribution < -0.4 is 49.5 Å². The number of fused-ring (bicyclic) bond motifs is 1. The molecule has 1 amide bonds. The molecule has 0 radical (unpaired) electrons. The zero-order chi connectivity index (χ0) is 21.8. The molecule has 1 atom stereocenters. The van der Waals surface area contributed by atoms with E-state index in [-0.39, 0.29) is 47.1 Å². The zero-order valence-electron chi connectivity index (χ0n) is 18.2. The Morgan fingerprint density at radius 3 is 2.53 bits per heavy atom. The van der Waals surface area contributed by atoms with E-state index in [0.717, 1.165) is 12.3 Å². The van der Waals surface area contributed by atoms with Crippen molar-refractivity contribution < 1.29 is 53.7 Å². The standard InChI is InChI=1S/C24H26ClNO5.Na/c25-20-13-19-18(24(28)29)10-12-30-21(19)14-22(20)31-17-7-5-16(6-8-17)23(27)26-11-9-15-3-1-2-4-15;/h5-8,13-15,18H,1-4,9-12H2,(H,26,27)(H,28,29);/q;+1/p-1. The number of carbonyl (C=O) groups is 2. The van der Waals surface area contributed by atoms with Gasteiger partial charge in [0.05, 0.1) is 11.6 Å². The molecule has 32 heavy (non-hydrogen) atoms. The normalized spacial score (nSPS) is 17.6. The minimum absolute atomic E-state index is 0. The monoisotopic (exact) mass is 465 g/mol. The van der Waals surface area contributed by atoms with E-state index in [1.807, 2.05) is 0 Å². The van der Waals surface area contributed by atoms with E-state index < -0.39 is 11.9 Å². The number of aliphatic carboxylic acids is 1. The predicted octanol–water partition coefficient (Wildman–Crippen LogP) is 1.06. The number of carboxylic acid groups (broad SMARTS) is 1. The number of halogens is 1. The predicted molar refractivity (Wildman–Crippen MR) is 115 cm³/mol. The Kier molecular flexibility index (Phi) is 8.88. The summed E-state index contributed by atoms with van der Waals surface area (Å²) in [6, 6.07) is 9.96. The maximum absolute atomic E-state index is 12.3. The summed E-state index contributed by atoms with van der Waals surface area (Å²) in [7, 11) is 0. The Bertz CT molecular complexity index is 960. The largest absolute Gasteiger partial charge is 1.00 e. The molecule has 4 rings (SSSR count). The fraction of sp³-hybridized carbons (Fsp3) is 0.417. The van der Waals surface area contributed by atoms with Crippen LogP contribution in [-0.4, -0.2) is 25.0 Å². The Morgan fingerprint density at radius 1 is 1.12 bits per heavy atom. The first kappa shape index (κ1) is 24.9. The molecule has 1 aliphatic heterocycles. The van der Waals surface area contributed by atoms with Crippen LogP contribution in [0, 0.1) is 5.92 Å².